The minimum atomic E-state index is -0.0974. The van der Waals surface area contributed by atoms with Crippen molar-refractivity contribution < 1.29 is 14.1 Å². The molecule has 5 atom stereocenters. The van der Waals surface area contributed by atoms with Crippen LogP contribution in [0.3, 0.4) is 0 Å². The fourth-order valence-corrected chi connectivity index (χ4v) is 5.35. The van der Waals surface area contributed by atoms with Crippen LogP contribution in [0.5, 0.6) is 0 Å². The Kier molecular flexibility index (Phi) is 2.94. The largest absolute Gasteiger partial charge is 0.372 e. The van der Waals surface area contributed by atoms with E-state index in [1.165, 1.54) is 6.42 Å². The van der Waals surface area contributed by atoms with Gasteiger partial charge in [-0.1, -0.05) is 11.2 Å². The van der Waals surface area contributed by atoms with Crippen LogP contribution in [0.25, 0.3) is 21.7 Å². The molecule has 5 heterocycles. The van der Waals surface area contributed by atoms with E-state index in [1.54, 1.807) is 11.3 Å². The highest BCUT2D eigenvalue weighted by molar-refractivity contribution is 7.13. The van der Waals surface area contributed by atoms with E-state index in [0.29, 0.717) is 34.4 Å². The molecule has 6 nitrogen and oxygen atoms in total. The number of hydrogen-bond acceptors (Lipinski definition) is 6. The summed E-state index contributed by atoms with van der Waals surface area (Å²) >= 11 is 1.58. The van der Waals surface area contributed by atoms with Crippen molar-refractivity contribution in [3.05, 3.63) is 34.8 Å². The minimum Gasteiger partial charge on any atom is -0.372 e. The summed E-state index contributed by atoms with van der Waals surface area (Å²) < 4.78 is 11.4. The van der Waals surface area contributed by atoms with Gasteiger partial charge < -0.3 is 14.6 Å². The van der Waals surface area contributed by atoms with Gasteiger partial charge in [0.25, 0.3) is 11.6 Å². The van der Waals surface area contributed by atoms with E-state index in [4.69, 9.17) is 9.26 Å². The lowest BCUT2D eigenvalue weighted by atomic mass is 9.95. The molecule has 132 valence electrons. The molecule has 0 aromatic carbocycles. The van der Waals surface area contributed by atoms with Crippen LogP contribution < -0.4 is 5.32 Å². The van der Waals surface area contributed by atoms with Gasteiger partial charge in [-0.2, -0.15) is 0 Å². The van der Waals surface area contributed by atoms with Gasteiger partial charge in [-0.15, -0.1) is 11.3 Å². The van der Waals surface area contributed by atoms with E-state index in [2.05, 4.69) is 15.5 Å². The molecule has 0 unspecified atom stereocenters. The Balaban J connectivity index is 1.38. The molecule has 2 bridgehead atoms. The number of pyridine rings is 1. The molecule has 3 aromatic heterocycles. The second kappa shape index (κ2) is 5.14. The molecule has 7 heteroatoms. The summed E-state index contributed by atoms with van der Waals surface area (Å²) in [7, 11) is 0. The molecular weight excluding hydrogens is 350 g/mol. The van der Waals surface area contributed by atoms with Crippen LogP contribution in [0.1, 0.15) is 28.9 Å². The fourth-order valence-electron chi connectivity index (χ4n) is 4.66. The van der Waals surface area contributed by atoms with Crippen molar-refractivity contribution in [2.75, 3.05) is 0 Å². The van der Waals surface area contributed by atoms with E-state index in [9.17, 15) is 4.79 Å². The number of nitrogens with zero attached hydrogens (tertiary/aromatic N) is 2. The molecule has 1 amide bonds. The van der Waals surface area contributed by atoms with Gasteiger partial charge in [0.2, 0.25) is 0 Å². The molecule has 2 saturated heterocycles. The smallest absolute Gasteiger partial charge is 0.259 e. The first kappa shape index (κ1) is 14.9. The van der Waals surface area contributed by atoms with E-state index < -0.39 is 0 Å². The summed E-state index contributed by atoms with van der Waals surface area (Å²) in [6.45, 7) is 1.84. The van der Waals surface area contributed by atoms with Gasteiger partial charge in [0.15, 0.2) is 0 Å². The van der Waals surface area contributed by atoms with Crippen molar-refractivity contribution >= 4 is 28.3 Å². The van der Waals surface area contributed by atoms with E-state index in [1.807, 2.05) is 30.5 Å². The Morgan fingerprint density at radius 1 is 1.35 bits per heavy atom. The first-order valence-corrected chi connectivity index (χ1v) is 9.84. The molecule has 0 spiro atoms. The Hall–Kier alpha value is -2.25. The molecular formula is C19H17N3O3S. The highest BCUT2D eigenvalue weighted by atomic mass is 32.1. The summed E-state index contributed by atoms with van der Waals surface area (Å²) in [5.41, 5.74) is 2.40. The maximum Gasteiger partial charge on any atom is 0.259 e. The third-order valence-corrected chi connectivity index (χ3v) is 6.85. The summed E-state index contributed by atoms with van der Waals surface area (Å²) in [4.78, 5) is 18.7. The highest BCUT2D eigenvalue weighted by Gasteiger charge is 2.63. The average molecular weight is 367 g/mol. The number of aromatic nitrogens is 2. The van der Waals surface area contributed by atoms with Gasteiger partial charge in [-0.05, 0) is 49.1 Å². The number of thiophene rings is 1. The lowest BCUT2D eigenvalue weighted by Gasteiger charge is -2.20. The van der Waals surface area contributed by atoms with Crippen molar-refractivity contribution in [2.24, 2.45) is 11.8 Å². The SMILES string of the molecule is Cc1noc2nc(-c3cccs3)cc(C(=O)N[C@@H]3C[C@@H]4O[C@H]3[C@H]3C[C@H]34)c12. The molecule has 2 aliphatic heterocycles. The van der Waals surface area contributed by atoms with Gasteiger partial charge in [-0.3, -0.25) is 4.79 Å². The zero-order valence-electron chi connectivity index (χ0n) is 14.1. The topological polar surface area (TPSA) is 77.2 Å². The molecule has 3 fully saturated rings. The van der Waals surface area contributed by atoms with Crippen LogP contribution in [0.4, 0.5) is 0 Å². The maximum atomic E-state index is 13.1. The predicted octanol–water partition coefficient (Wildman–Crippen LogP) is 3.17. The number of hydrogen-bond donors (Lipinski definition) is 1. The normalized spacial score (nSPS) is 31.3. The number of fused-ring (bicyclic) bond motifs is 6. The van der Waals surface area contributed by atoms with Crippen LogP contribution >= 0.6 is 11.3 Å². The number of amides is 1. The van der Waals surface area contributed by atoms with Gasteiger partial charge in [-0.25, -0.2) is 4.98 Å². The van der Waals surface area contributed by atoms with Crippen LogP contribution in [0, 0.1) is 18.8 Å². The van der Waals surface area contributed by atoms with Crippen LogP contribution in [-0.2, 0) is 4.74 Å². The number of carbonyl (C=O) groups is 1. The molecule has 3 aliphatic rings. The minimum absolute atomic E-state index is 0.0974. The lowest BCUT2D eigenvalue weighted by molar-refractivity contribution is 0.0632. The highest BCUT2D eigenvalue weighted by Crippen LogP contribution is 2.58. The molecule has 1 N–H and O–H groups in total. The van der Waals surface area contributed by atoms with Gasteiger partial charge >= 0.3 is 0 Å². The summed E-state index contributed by atoms with van der Waals surface area (Å²) in [6, 6.07) is 5.91. The standard InChI is InChI=1S/C19H17N3O3S/c1-8-16-11(6-12(15-3-2-4-26-15)21-19(16)25-22-8)18(23)20-13-7-14-9-5-10(9)17(13)24-14/h2-4,6,9-10,13-14,17H,5,7H2,1H3,(H,20,23)/t9-,10+,13-,14+,17+/m1/s1. The van der Waals surface area contributed by atoms with Crippen molar-refractivity contribution in [1.82, 2.24) is 15.5 Å². The van der Waals surface area contributed by atoms with Crippen molar-refractivity contribution in [1.29, 1.82) is 0 Å². The predicted molar refractivity (Wildman–Crippen MR) is 96.0 cm³/mol. The van der Waals surface area contributed by atoms with E-state index in [0.717, 1.165) is 22.9 Å². The summed E-state index contributed by atoms with van der Waals surface area (Å²) in [5.74, 6) is 1.29. The number of ether oxygens (including phenoxy) is 1. The van der Waals surface area contributed by atoms with Crippen molar-refractivity contribution in [3.63, 3.8) is 0 Å². The number of nitrogens with one attached hydrogen (secondary N) is 1. The second-order valence-corrected chi connectivity index (χ2v) is 8.45. The van der Waals surface area contributed by atoms with Crippen LogP contribution in [0.15, 0.2) is 28.1 Å². The van der Waals surface area contributed by atoms with Crippen molar-refractivity contribution in [3.8, 4) is 10.6 Å². The lowest BCUT2D eigenvalue weighted by Crippen LogP contribution is -2.42. The quantitative estimate of drug-likeness (QED) is 0.769. The second-order valence-electron chi connectivity index (χ2n) is 7.50. The number of carbonyl (C=O) groups excluding carboxylic acids is 1. The molecule has 0 radical (unpaired) electrons. The van der Waals surface area contributed by atoms with E-state index >= 15 is 0 Å². The zero-order valence-corrected chi connectivity index (χ0v) is 15.0. The maximum absolute atomic E-state index is 13.1. The number of rotatable bonds is 3. The Morgan fingerprint density at radius 3 is 3.04 bits per heavy atom. The first-order valence-electron chi connectivity index (χ1n) is 8.96. The van der Waals surface area contributed by atoms with Gasteiger partial charge in [0.05, 0.1) is 45.5 Å². The van der Waals surface area contributed by atoms with Crippen LogP contribution in [0.2, 0.25) is 0 Å². The molecule has 26 heavy (non-hydrogen) atoms. The van der Waals surface area contributed by atoms with Gasteiger partial charge in [0, 0.05) is 0 Å². The fraction of sp³-hybridized carbons (Fsp3) is 0.421. The number of aryl methyl sites for hydroxylation is 1. The summed E-state index contributed by atoms with van der Waals surface area (Å²) in [6.07, 6.45) is 2.71. The Morgan fingerprint density at radius 2 is 2.27 bits per heavy atom. The monoisotopic (exact) mass is 367 g/mol. The Bertz CT molecular complexity index is 1030. The molecule has 1 aliphatic carbocycles. The molecule has 3 aromatic rings. The zero-order chi connectivity index (χ0) is 17.4. The van der Waals surface area contributed by atoms with Crippen molar-refractivity contribution in [2.45, 2.75) is 38.0 Å². The summed E-state index contributed by atoms with van der Waals surface area (Å²) in [5, 5.41) is 9.90. The third kappa shape index (κ3) is 2.04. The van der Waals surface area contributed by atoms with E-state index in [-0.39, 0.29) is 18.1 Å². The molecule has 6 rings (SSSR count). The van der Waals surface area contributed by atoms with Gasteiger partial charge in [0.1, 0.15) is 0 Å². The first-order chi connectivity index (χ1) is 12.7. The van der Waals surface area contributed by atoms with Crippen LogP contribution in [-0.4, -0.2) is 34.3 Å². The third-order valence-electron chi connectivity index (χ3n) is 5.96. The Labute approximate surface area is 153 Å². The average Bonchev–Trinajstić information content (AvgIpc) is 3.06. The molecule has 1 saturated carbocycles.